The minimum Gasteiger partial charge on any atom is -0.364 e. The van der Waals surface area contributed by atoms with Crippen molar-refractivity contribution < 1.29 is 8.78 Å². The molecule has 1 aromatic carbocycles. The highest BCUT2D eigenvalue weighted by molar-refractivity contribution is 9.10. The molecule has 0 amide bonds. The molecule has 1 N–H and O–H groups in total. The molecule has 2 unspecified atom stereocenters. The van der Waals surface area contributed by atoms with E-state index in [-0.39, 0.29) is 11.7 Å². The molecule has 5 heteroatoms. The third kappa shape index (κ3) is 3.26. The lowest BCUT2D eigenvalue weighted by molar-refractivity contribution is 0.339. The van der Waals surface area contributed by atoms with Crippen molar-refractivity contribution in [2.24, 2.45) is 5.92 Å². The van der Waals surface area contributed by atoms with Gasteiger partial charge in [0, 0.05) is 30.1 Å². The summed E-state index contributed by atoms with van der Waals surface area (Å²) in [6.07, 6.45) is 1.05. The summed E-state index contributed by atoms with van der Waals surface area (Å²) in [5, 5.41) is 3.42. The predicted octanol–water partition coefficient (Wildman–Crippen LogP) is 3.55. The Kier molecular flexibility index (Phi) is 4.79. The van der Waals surface area contributed by atoms with E-state index in [1.54, 1.807) is 0 Å². The second kappa shape index (κ2) is 6.18. The van der Waals surface area contributed by atoms with Gasteiger partial charge in [0.25, 0.3) is 0 Å². The topological polar surface area (TPSA) is 15.3 Å². The van der Waals surface area contributed by atoms with E-state index in [2.05, 4.69) is 35.1 Å². The maximum Gasteiger partial charge on any atom is 0.150 e. The van der Waals surface area contributed by atoms with Gasteiger partial charge in [0.2, 0.25) is 0 Å². The molecule has 1 saturated heterocycles. The van der Waals surface area contributed by atoms with Crippen LogP contribution in [0.1, 0.15) is 20.3 Å². The highest BCUT2D eigenvalue weighted by Gasteiger charge is 2.26. The first-order valence-corrected chi connectivity index (χ1v) is 7.45. The van der Waals surface area contributed by atoms with Gasteiger partial charge in [-0.25, -0.2) is 8.78 Å². The van der Waals surface area contributed by atoms with E-state index in [0.717, 1.165) is 13.0 Å². The molecular formula is C14H19BrF2N2. The Morgan fingerprint density at radius 1 is 1.42 bits per heavy atom. The van der Waals surface area contributed by atoms with Gasteiger partial charge in [-0.2, -0.15) is 0 Å². The first-order chi connectivity index (χ1) is 9.02. The van der Waals surface area contributed by atoms with Crippen molar-refractivity contribution in [1.29, 1.82) is 0 Å². The first kappa shape index (κ1) is 14.7. The molecule has 1 heterocycles. The summed E-state index contributed by atoms with van der Waals surface area (Å²) in [6, 6.07) is 2.92. The summed E-state index contributed by atoms with van der Waals surface area (Å²) < 4.78 is 28.4. The van der Waals surface area contributed by atoms with Gasteiger partial charge in [-0.3, -0.25) is 0 Å². The SMILES string of the molecule is CCC(C)C1CN(c2c(F)cc(Br)cc2F)CCN1. The van der Waals surface area contributed by atoms with E-state index in [0.29, 0.717) is 23.5 Å². The maximum atomic E-state index is 14.0. The van der Waals surface area contributed by atoms with Crippen LogP contribution in [-0.4, -0.2) is 25.7 Å². The third-order valence-electron chi connectivity index (χ3n) is 3.83. The average Bonchev–Trinajstić information content (AvgIpc) is 2.37. The number of hydrogen-bond acceptors (Lipinski definition) is 2. The first-order valence-electron chi connectivity index (χ1n) is 6.65. The molecule has 1 aliphatic rings. The second-order valence-electron chi connectivity index (χ2n) is 5.11. The van der Waals surface area contributed by atoms with Gasteiger partial charge in [-0.1, -0.05) is 36.2 Å². The van der Waals surface area contributed by atoms with Crippen LogP contribution >= 0.6 is 15.9 Å². The molecule has 1 fully saturated rings. The molecule has 2 rings (SSSR count). The second-order valence-corrected chi connectivity index (χ2v) is 6.03. The van der Waals surface area contributed by atoms with E-state index >= 15 is 0 Å². The third-order valence-corrected chi connectivity index (χ3v) is 4.29. The summed E-state index contributed by atoms with van der Waals surface area (Å²) in [7, 11) is 0. The van der Waals surface area contributed by atoms with Crippen molar-refractivity contribution >= 4 is 21.6 Å². The lowest BCUT2D eigenvalue weighted by atomic mass is 9.97. The molecule has 1 aromatic rings. The van der Waals surface area contributed by atoms with Gasteiger partial charge in [-0.15, -0.1) is 0 Å². The molecule has 0 aromatic heterocycles. The summed E-state index contributed by atoms with van der Waals surface area (Å²) in [4.78, 5) is 1.81. The average molecular weight is 333 g/mol. The summed E-state index contributed by atoms with van der Waals surface area (Å²) >= 11 is 3.11. The van der Waals surface area contributed by atoms with Crippen LogP contribution in [0.2, 0.25) is 0 Å². The van der Waals surface area contributed by atoms with Crippen molar-refractivity contribution in [3.05, 3.63) is 28.2 Å². The molecule has 0 aliphatic carbocycles. The number of anilines is 1. The largest absolute Gasteiger partial charge is 0.364 e. The fourth-order valence-corrected chi connectivity index (χ4v) is 2.89. The number of piperazine rings is 1. The van der Waals surface area contributed by atoms with Crippen molar-refractivity contribution in [3.63, 3.8) is 0 Å². The van der Waals surface area contributed by atoms with Gasteiger partial charge < -0.3 is 10.2 Å². The van der Waals surface area contributed by atoms with E-state index < -0.39 is 11.6 Å². The standard InChI is InChI=1S/C14H19BrF2N2/c1-3-9(2)13-8-19(5-4-18-13)14-11(16)6-10(15)7-12(14)17/h6-7,9,13,18H,3-5,8H2,1-2H3. The smallest absolute Gasteiger partial charge is 0.150 e. The van der Waals surface area contributed by atoms with E-state index in [9.17, 15) is 8.78 Å². The molecule has 1 aliphatic heterocycles. The molecule has 0 saturated carbocycles. The van der Waals surface area contributed by atoms with E-state index in [4.69, 9.17) is 0 Å². The van der Waals surface area contributed by atoms with Crippen LogP contribution in [0.15, 0.2) is 16.6 Å². The maximum absolute atomic E-state index is 14.0. The zero-order chi connectivity index (χ0) is 14.0. The highest BCUT2D eigenvalue weighted by Crippen LogP contribution is 2.28. The Morgan fingerprint density at radius 2 is 2.05 bits per heavy atom. The number of nitrogens with zero attached hydrogens (tertiary/aromatic N) is 1. The zero-order valence-electron chi connectivity index (χ0n) is 11.2. The van der Waals surface area contributed by atoms with Crippen LogP contribution in [-0.2, 0) is 0 Å². The number of halogens is 3. The lowest BCUT2D eigenvalue weighted by Crippen LogP contribution is -2.53. The van der Waals surface area contributed by atoms with Crippen LogP contribution in [0.25, 0.3) is 0 Å². The minimum atomic E-state index is -0.503. The minimum absolute atomic E-state index is 0.0954. The van der Waals surface area contributed by atoms with Crippen LogP contribution in [0.5, 0.6) is 0 Å². The van der Waals surface area contributed by atoms with Crippen LogP contribution in [0.4, 0.5) is 14.5 Å². The van der Waals surface area contributed by atoms with Crippen molar-refractivity contribution in [3.8, 4) is 0 Å². The highest BCUT2D eigenvalue weighted by atomic mass is 79.9. The van der Waals surface area contributed by atoms with Crippen molar-refractivity contribution in [1.82, 2.24) is 5.32 Å². The fourth-order valence-electron chi connectivity index (χ4n) is 2.48. The number of rotatable bonds is 3. The number of hydrogen-bond donors (Lipinski definition) is 1. The van der Waals surface area contributed by atoms with E-state index in [1.807, 2.05) is 4.90 Å². The van der Waals surface area contributed by atoms with Gasteiger partial charge in [0.15, 0.2) is 11.6 Å². The summed E-state index contributed by atoms with van der Waals surface area (Å²) in [5.41, 5.74) is 0.0954. The quantitative estimate of drug-likeness (QED) is 0.910. The van der Waals surface area contributed by atoms with Gasteiger partial charge in [0.05, 0.1) is 0 Å². The van der Waals surface area contributed by atoms with Crippen LogP contribution < -0.4 is 10.2 Å². The van der Waals surface area contributed by atoms with Gasteiger partial charge >= 0.3 is 0 Å². The lowest BCUT2D eigenvalue weighted by Gasteiger charge is -2.38. The Balaban J connectivity index is 2.22. The molecular weight excluding hydrogens is 314 g/mol. The normalized spacial score (nSPS) is 21.5. The molecule has 0 bridgehead atoms. The molecule has 0 radical (unpaired) electrons. The van der Waals surface area contributed by atoms with Crippen molar-refractivity contribution in [2.45, 2.75) is 26.3 Å². The molecule has 0 spiro atoms. The zero-order valence-corrected chi connectivity index (χ0v) is 12.8. The molecule has 19 heavy (non-hydrogen) atoms. The predicted molar refractivity (Wildman–Crippen MR) is 77.5 cm³/mol. The van der Waals surface area contributed by atoms with Crippen LogP contribution in [0, 0.1) is 17.6 Å². The van der Waals surface area contributed by atoms with Gasteiger partial charge in [0.1, 0.15) is 5.69 Å². The van der Waals surface area contributed by atoms with Crippen molar-refractivity contribution in [2.75, 3.05) is 24.5 Å². The number of benzene rings is 1. The Morgan fingerprint density at radius 3 is 2.63 bits per heavy atom. The molecule has 2 nitrogen and oxygen atoms in total. The van der Waals surface area contributed by atoms with E-state index in [1.165, 1.54) is 12.1 Å². The summed E-state index contributed by atoms with van der Waals surface area (Å²) in [6.45, 7) is 6.32. The summed E-state index contributed by atoms with van der Waals surface area (Å²) in [5.74, 6) is -0.516. The number of nitrogens with one attached hydrogen (secondary N) is 1. The Bertz CT molecular complexity index is 430. The monoisotopic (exact) mass is 332 g/mol. The van der Waals surface area contributed by atoms with Crippen LogP contribution in [0.3, 0.4) is 0 Å². The molecule has 106 valence electrons. The Labute approximate surface area is 121 Å². The Hall–Kier alpha value is -0.680. The van der Waals surface area contributed by atoms with Gasteiger partial charge in [-0.05, 0) is 18.1 Å². The molecule has 2 atom stereocenters. The fraction of sp³-hybridized carbons (Fsp3) is 0.571.